The first-order chi connectivity index (χ1) is 9.74. The number of nitrogens with one attached hydrogen (secondary N) is 1. The molecule has 114 valence electrons. The Bertz CT molecular complexity index is 591. The minimum absolute atomic E-state index is 0.238. The summed E-state index contributed by atoms with van der Waals surface area (Å²) < 4.78 is 0. The number of hydrogen-bond donors (Lipinski definition) is 3. The Morgan fingerprint density at radius 2 is 2.05 bits per heavy atom. The van der Waals surface area contributed by atoms with E-state index < -0.39 is 5.91 Å². The number of nitrogens with two attached hydrogens (primary N) is 2. The van der Waals surface area contributed by atoms with Crippen LogP contribution in [0.15, 0.2) is 18.2 Å². The number of hydrogen-bond acceptors (Lipinski definition) is 3. The van der Waals surface area contributed by atoms with E-state index >= 15 is 0 Å². The van der Waals surface area contributed by atoms with Gasteiger partial charge >= 0.3 is 0 Å². The van der Waals surface area contributed by atoms with Crippen molar-refractivity contribution in [2.45, 2.75) is 46.1 Å². The number of fused-ring (bicyclic) bond motifs is 2. The van der Waals surface area contributed by atoms with Crippen LogP contribution in [-0.2, 0) is 0 Å². The summed E-state index contributed by atoms with van der Waals surface area (Å²) in [5.74, 6) is 0.344. The molecule has 4 nitrogen and oxygen atoms in total. The third kappa shape index (κ3) is 2.08. The molecule has 3 rings (SSSR count). The zero-order valence-electron chi connectivity index (χ0n) is 13.1. The van der Waals surface area contributed by atoms with Crippen LogP contribution in [0.5, 0.6) is 0 Å². The van der Waals surface area contributed by atoms with Gasteiger partial charge in [0, 0.05) is 11.6 Å². The number of rotatable bonds is 3. The van der Waals surface area contributed by atoms with Gasteiger partial charge in [-0.2, -0.15) is 0 Å². The molecule has 5 N–H and O–H groups in total. The van der Waals surface area contributed by atoms with Crippen molar-refractivity contribution in [3.63, 3.8) is 0 Å². The molecule has 3 atom stereocenters. The molecule has 0 saturated heterocycles. The third-order valence-corrected chi connectivity index (χ3v) is 5.91. The van der Waals surface area contributed by atoms with Crippen LogP contribution in [0.1, 0.15) is 50.4 Å². The molecule has 1 aromatic rings. The molecule has 2 aliphatic rings. The second-order valence-corrected chi connectivity index (χ2v) is 7.66. The summed E-state index contributed by atoms with van der Waals surface area (Å²) in [4.78, 5) is 11.4. The molecule has 0 heterocycles. The minimum Gasteiger partial charge on any atom is -0.397 e. The molecule has 2 bridgehead atoms. The van der Waals surface area contributed by atoms with Crippen molar-refractivity contribution < 1.29 is 4.79 Å². The van der Waals surface area contributed by atoms with E-state index in [0.717, 1.165) is 11.6 Å². The Kier molecular flexibility index (Phi) is 2.98. The molecule has 0 aromatic heterocycles. The zero-order chi connectivity index (χ0) is 15.4. The number of benzene rings is 1. The van der Waals surface area contributed by atoms with E-state index in [0.29, 0.717) is 22.7 Å². The van der Waals surface area contributed by atoms with Gasteiger partial charge in [-0.3, -0.25) is 4.79 Å². The fraction of sp³-hybridized carbons (Fsp3) is 0.588. The molecule has 0 spiro atoms. The highest BCUT2D eigenvalue weighted by Gasteiger charge is 2.59. The van der Waals surface area contributed by atoms with Crippen LogP contribution in [0.3, 0.4) is 0 Å². The summed E-state index contributed by atoms with van der Waals surface area (Å²) in [5, 5.41) is 3.63. The van der Waals surface area contributed by atoms with Gasteiger partial charge in [-0.1, -0.05) is 20.8 Å². The average Bonchev–Trinajstić information content (AvgIpc) is 2.87. The molecule has 0 radical (unpaired) electrons. The maximum absolute atomic E-state index is 11.4. The van der Waals surface area contributed by atoms with Crippen molar-refractivity contribution in [3.8, 4) is 0 Å². The van der Waals surface area contributed by atoms with E-state index in [9.17, 15) is 4.79 Å². The normalized spacial score (nSPS) is 33.1. The van der Waals surface area contributed by atoms with Gasteiger partial charge in [-0.15, -0.1) is 0 Å². The molecular weight excluding hydrogens is 262 g/mol. The van der Waals surface area contributed by atoms with Crippen molar-refractivity contribution in [3.05, 3.63) is 23.8 Å². The van der Waals surface area contributed by atoms with Crippen molar-refractivity contribution in [2.75, 3.05) is 11.1 Å². The summed E-state index contributed by atoms with van der Waals surface area (Å²) >= 11 is 0. The predicted octanol–water partition coefficient (Wildman–Crippen LogP) is 2.99. The van der Waals surface area contributed by atoms with E-state index in [4.69, 9.17) is 11.5 Å². The maximum atomic E-state index is 11.4. The summed E-state index contributed by atoms with van der Waals surface area (Å²) in [7, 11) is 0. The summed E-state index contributed by atoms with van der Waals surface area (Å²) in [6, 6.07) is 5.58. The average molecular weight is 287 g/mol. The molecule has 3 unspecified atom stereocenters. The summed E-state index contributed by atoms with van der Waals surface area (Å²) in [5.41, 5.74) is 14.0. The van der Waals surface area contributed by atoms with E-state index in [1.807, 2.05) is 0 Å². The SMILES string of the molecule is CC12CCC(C1)C(C)(C)C2Nc1cc(C(N)=O)ccc1N. The van der Waals surface area contributed by atoms with Gasteiger partial charge in [-0.05, 0) is 54.2 Å². The highest BCUT2D eigenvalue weighted by Crippen LogP contribution is 2.63. The first kappa shape index (κ1) is 14.2. The predicted molar refractivity (Wildman–Crippen MR) is 86.0 cm³/mol. The third-order valence-electron chi connectivity index (χ3n) is 5.91. The maximum Gasteiger partial charge on any atom is 0.248 e. The molecule has 0 aliphatic heterocycles. The van der Waals surface area contributed by atoms with E-state index in [1.165, 1.54) is 19.3 Å². The van der Waals surface area contributed by atoms with Crippen LogP contribution in [0, 0.1) is 16.7 Å². The molecule has 21 heavy (non-hydrogen) atoms. The zero-order valence-corrected chi connectivity index (χ0v) is 13.1. The lowest BCUT2D eigenvalue weighted by Gasteiger charge is -2.43. The van der Waals surface area contributed by atoms with Crippen molar-refractivity contribution >= 4 is 17.3 Å². The lowest BCUT2D eigenvalue weighted by molar-refractivity contribution is 0.100. The second-order valence-electron chi connectivity index (χ2n) is 7.66. The molecule has 2 saturated carbocycles. The topological polar surface area (TPSA) is 81.1 Å². The van der Waals surface area contributed by atoms with Crippen LogP contribution in [-0.4, -0.2) is 11.9 Å². The van der Waals surface area contributed by atoms with E-state index in [1.54, 1.807) is 18.2 Å². The van der Waals surface area contributed by atoms with Crippen LogP contribution in [0.4, 0.5) is 11.4 Å². The molecular formula is C17H25N3O. The van der Waals surface area contributed by atoms with E-state index in [-0.39, 0.29) is 5.41 Å². The highest BCUT2D eigenvalue weighted by atomic mass is 16.1. The van der Waals surface area contributed by atoms with Crippen LogP contribution in [0.25, 0.3) is 0 Å². The first-order valence-electron chi connectivity index (χ1n) is 7.70. The molecule has 4 heteroatoms. The van der Waals surface area contributed by atoms with Crippen LogP contribution >= 0.6 is 0 Å². The molecule has 2 fully saturated rings. The molecule has 1 amide bonds. The fourth-order valence-corrected chi connectivity index (χ4v) is 4.65. The lowest BCUT2D eigenvalue weighted by Crippen LogP contribution is -2.45. The van der Waals surface area contributed by atoms with Gasteiger partial charge in [-0.25, -0.2) is 0 Å². The molecule has 2 aliphatic carbocycles. The largest absolute Gasteiger partial charge is 0.397 e. The standard InChI is InChI=1S/C17H25N3O/c1-16(2)11-6-7-17(3,9-11)15(16)20-13-8-10(14(19)21)4-5-12(13)18/h4-5,8,11,15,20H,6-7,9,18H2,1-3H3,(H2,19,21). The summed E-state index contributed by atoms with van der Waals surface area (Å²) in [6.45, 7) is 7.05. The first-order valence-corrected chi connectivity index (χ1v) is 7.70. The number of nitrogen functional groups attached to an aromatic ring is 1. The number of carbonyl (C=O) groups excluding carboxylic acids is 1. The Labute approximate surface area is 126 Å². The van der Waals surface area contributed by atoms with Gasteiger partial charge in [0.05, 0.1) is 11.4 Å². The Morgan fingerprint density at radius 1 is 1.33 bits per heavy atom. The van der Waals surface area contributed by atoms with Crippen molar-refractivity contribution in [1.82, 2.24) is 0 Å². The van der Waals surface area contributed by atoms with Gasteiger partial charge in [0.25, 0.3) is 0 Å². The Balaban J connectivity index is 1.93. The Hall–Kier alpha value is -1.71. The smallest absolute Gasteiger partial charge is 0.248 e. The van der Waals surface area contributed by atoms with Crippen LogP contribution < -0.4 is 16.8 Å². The van der Waals surface area contributed by atoms with Gasteiger partial charge in [0.2, 0.25) is 5.91 Å². The molecule has 1 aromatic carbocycles. The van der Waals surface area contributed by atoms with Crippen LogP contribution in [0.2, 0.25) is 0 Å². The quantitative estimate of drug-likeness (QED) is 0.747. The van der Waals surface area contributed by atoms with Crippen molar-refractivity contribution in [2.24, 2.45) is 22.5 Å². The number of anilines is 2. The number of primary amides is 1. The van der Waals surface area contributed by atoms with Gasteiger partial charge < -0.3 is 16.8 Å². The highest BCUT2D eigenvalue weighted by molar-refractivity contribution is 5.95. The monoisotopic (exact) mass is 287 g/mol. The van der Waals surface area contributed by atoms with Gasteiger partial charge in [0.15, 0.2) is 0 Å². The number of carbonyl (C=O) groups is 1. The second kappa shape index (κ2) is 4.39. The Morgan fingerprint density at radius 3 is 2.62 bits per heavy atom. The van der Waals surface area contributed by atoms with Gasteiger partial charge in [0.1, 0.15) is 0 Å². The number of amides is 1. The minimum atomic E-state index is -0.420. The van der Waals surface area contributed by atoms with E-state index in [2.05, 4.69) is 26.1 Å². The summed E-state index contributed by atoms with van der Waals surface area (Å²) in [6.07, 6.45) is 3.85. The lowest BCUT2D eigenvalue weighted by atomic mass is 9.68. The fourth-order valence-electron chi connectivity index (χ4n) is 4.65. The van der Waals surface area contributed by atoms with Crippen molar-refractivity contribution in [1.29, 1.82) is 0 Å².